The van der Waals surface area contributed by atoms with E-state index >= 15 is 0 Å². The van der Waals surface area contributed by atoms with Gasteiger partial charge in [0, 0.05) is 17.9 Å². The molecular weight excluding hydrogens is 248 g/mol. The maximum atomic E-state index is 11.6. The Labute approximate surface area is 108 Å². The van der Waals surface area contributed by atoms with Gasteiger partial charge in [-0.1, -0.05) is 0 Å². The second-order valence-corrected chi connectivity index (χ2v) is 7.82. The predicted molar refractivity (Wildman–Crippen MR) is 69.9 cm³/mol. The van der Waals surface area contributed by atoms with E-state index in [4.69, 9.17) is 5.73 Å². The van der Waals surface area contributed by atoms with Crippen LogP contribution in [0, 0.1) is 0 Å². The van der Waals surface area contributed by atoms with Crippen molar-refractivity contribution in [3.8, 4) is 0 Å². The molecule has 2 N–H and O–H groups in total. The first kappa shape index (κ1) is 12.1. The molecule has 0 atom stereocenters. The maximum absolute atomic E-state index is 11.6. The standard InChI is InChI=1S/C13H18N2O2S/c14-13(4-5-13)3-1-10-7-15-8-11-9-18(16,17)6-2-12(10)11/h7-8H,1-6,9,14H2. The summed E-state index contributed by atoms with van der Waals surface area (Å²) in [4.78, 5) is 4.18. The molecule has 4 nitrogen and oxygen atoms in total. The summed E-state index contributed by atoms with van der Waals surface area (Å²) in [6.07, 6.45) is 8.35. The molecule has 1 aliphatic heterocycles. The smallest absolute Gasteiger partial charge is 0.154 e. The summed E-state index contributed by atoms with van der Waals surface area (Å²) in [6, 6.07) is 0. The number of pyridine rings is 1. The van der Waals surface area contributed by atoms with Crippen LogP contribution in [-0.4, -0.2) is 24.7 Å². The fraction of sp³-hybridized carbons (Fsp3) is 0.615. The van der Waals surface area contributed by atoms with Crippen molar-refractivity contribution >= 4 is 9.84 Å². The number of rotatable bonds is 3. The highest BCUT2D eigenvalue weighted by Crippen LogP contribution is 2.37. The molecule has 1 saturated carbocycles. The number of hydrogen-bond donors (Lipinski definition) is 1. The molecule has 1 fully saturated rings. The van der Waals surface area contributed by atoms with E-state index in [-0.39, 0.29) is 17.0 Å². The van der Waals surface area contributed by atoms with Gasteiger partial charge in [-0.3, -0.25) is 4.98 Å². The van der Waals surface area contributed by atoms with Crippen LogP contribution in [0.15, 0.2) is 12.4 Å². The van der Waals surface area contributed by atoms with Gasteiger partial charge in [0.2, 0.25) is 0 Å². The zero-order valence-corrected chi connectivity index (χ0v) is 11.2. The molecule has 0 radical (unpaired) electrons. The van der Waals surface area contributed by atoms with Crippen LogP contribution in [0.1, 0.15) is 36.0 Å². The average molecular weight is 266 g/mol. The summed E-state index contributed by atoms with van der Waals surface area (Å²) >= 11 is 0. The van der Waals surface area contributed by atoms with Gasteiger partial charge >= 0.3 is 0 Å². The van der Waals surface area contributed by atoms with Crippen molar-refractivity contribution in [1.29, 1.82) is 0 Å². The summed E-state index contributed by atoms with van der Waals surface area (Å²) < 4.78 is 23.2. The first-order valence-electron chi connectivity index (χ1n) is 6.41. The second-order valence-electron chi connectivity index (χ2n) is 5.64. The van der Waals surface area contributed by atoms with E-state index in [1.165, 1.54) is 11.1 Å². The molecule has 18 heavy (non-hydrogen) atoms. The van der Waals surface area contributed by atoms with Crippen LogP contribution in [0.3, 0.4) is 0 Å². The Bertz CT molecular complexity index is 577. The Hall–Kier alpha value is -0.940. The van der Waals surface area contributed by atoms with Crippen molar-refractivity contribution in [1.82, 2.24) is 4.98 Å². The van der Waals surface area contributed by atoms with E-state index in [1.54, 1.807) is 6.20 Å². The van der Waals surface area contributed by atoms with E-state index in [2.05, 4.69) is 4.98 Å². The van der Waals surface area contributed by atoms with E-state index in [0.29, 0.717) is 6.42 Å². The number of aromatic nitrogens is 1. The second kappa shape index (κ2) is 4.03. The molecule has 0 saturated heterocycles. The highest BCUT2D eigenvalue weighted by Gasteiger charge is 2.37. The third-order valence-corrected chi connectivity index (χ3v) is 5.64. The molecule has 0 amide bonds. The molecule has 0 aromatic carbocycles. The van der Waals surface area contributed by atoms with Crippen LogP contribution in [0.25, 0.3) is 0 Å². The Morgan fingerprint density at radius 1 is 1.33 bits per heavy atom. The quantitative estimate of drug-likeness (QED) is 0.885. The van der Waals surface area contributed by atoms with Crippen LogP contribution in [0.5, 0.6) is 0 Å². The number of sulfone groups is 1. The van der Waals surface area contributed by atoms with Crippen LogP contribution >= 0.6 is 0 Å². The molecule has 98 valence electrons. The molecule has 2 heterocycles. The highest BCUT2D eigenvalue weighted by molar-refractivity contribution is 7.90. The molecule has 1 aliphatic carbocycles. The summed E-state index contributed by atoms with van der Waals surface area (Å²) in [5, 5.41) is 0. The minimum absolute atomic E-state index is 0.0451. The molecule has 0 unspecified atom stereocenters. The van der Waals surface area contributed by atoms with Crippen molar-refractivity contribution in [2.24, 2.45) is 5.73 Å². The van der Waals surface area contributed by atoms with Crippen LogP contribution in [0.4, 0.5) is 0 Å². The van der Waals surface area contributed by atoms with E-state index < -0.39 is 9.84 Å². The molecule has 0 spiro atoms. The van der Waals surface area contributed by atoms with Gasteiger partial charge in [-0.25, -0.2) is 8.42 Å². The fourth-order valence-corrected chi connectivity index (χ4v) is 3.98. The third kappa shape index (κ3) is 2.42. The van der Waals surface area contributed by atoms with Crippen LogP contribution in [-0.2, 0) is 28.4 Å². The third-order valence-electron chi connectivity index (χ3n) is 4.06. The van der Waals surface area contributed by atoms with Gasteiger partial charge in [0.1, 0.15) is 0 Å². The van der Waals surface area contributed by atoms with Gasteiger partial charge in [-0.15, -0.1) is 0 Å². The van der Waals surface area contributed by atoms with Gasteiger partial charge in [0.25, 0.3) is 0 Å². The zero-order chi connectivity index (χ0) is 12.8. The summed E-state index contributed by atoms with van der Waals surface area (Å²) in [6.45, 7) is 0. The molecule has 3 rings (SSSR count). The highest BCUT2D eigenvalue weighted by atomic mass is 32.2. The first-order valence-corrected chi connectivity index (χ1v) is 8.24. The predicted octanol–water partition coefficient (Wildman–Crippen LogP) is 0.976. The fourth-order valence-electron chi connectivity index (χ4n) is 2.60. The van der Waals surface area contributed by atoms with Crippen LogP contribution in [0.2, 0.25) is 0 Å². The molecule has 5 heteroatoms. The van der Waals surface area contributed by atoms with Gasteiger partial charge in [-0.2, -0.15) is 0 Å². The lowest BCUT2D eigenvalue weighted by Crippen LogP contribution is -2.24. The number of fused-ring (bicyclic) bond motifs is 1. The number of nitrogens with zero attached hydrogens (tertiary/aromatic N) is 1. The largest absolute Gasteiger partial charge is 0.325 e. The minimum Gasteiger partial charge on any atom is -0.325 e. The molecule has 2 aliphatic rings. The lowest BCUT2D eigenvalue weighted by Gasteiger charge is -2.19. The number of nitrogens with two attached hydrogens (primary N) is 1. The molecule has 0 bridgehead atoms. The lowest BCUT2D eigenvalue weighted by molar-refractivity contribution is 0.588. The van der Waals surface area contributed by atoms with Gasteiger partial charge < -0.3 is 5.73 Å². The SMILES string of the molecule is NC1(CCc2cncc3c2CCS(=O)(=O)C3)CC1. The van der Waals surface area contributed by atoms with Gasteiger partial charge in [-0.05, 0) is 48.8 Å². The van der Waals surface area contributed by atoms with Crippen molar-refractivity contribution in [3.63, 3.8) is 0 Å². The van der Waals surface area contributed by atoms with E-state index in [9.17, 15) is 8.42 Å². The number of hydrogen-bond acceptors (Lipinski definition) is 4. The monoisotopic (exact) mass is 266 g/mol. The molecule has 1 aromatic rings. The first-order chi connectivity index (χ1) is 8.48. The van der Waals surface area contributed by atoms with Crippen LogP contribution < -0.4 is 5.73 Å². The average Bonchev–Trinajstić information content (AvgIpc) is 3.03. The van der Waals surface area contributed by atoms with Crippen molar-refractivity contribution < 1.29 is 8.42 Å². The zero-order valence-electron chi connectivity index (χ0n) is 10.4. The van der Waals surface area contributed by atoms with Crippen molar-refractivity contribution in [3.05, 3.63) is 29.1 Å². The Kier molecular flexibility index (Phi) is 2.71. The Morgan fingerprint density at radius 3 is 2.83 bits per heavy atom. The van der Waals surface area contributed by atoms with Gasteiger partial charge in [0.15, 0.2) is 9.84 Å². The molecule has 1 aromatic heterocycles. The van der Waals surface area contributed by atoms with Crippen molar-refractivity contribution in [2.45, 2.75) is 43.4 Å². The van der Waals surface area contributed by atoms with E-state index in [1.807, 2.05) is 6.20 Å². The maximum Gasteiger partial charge on any atom is 0.154 e. The normalized spacial score (nSPS) is 23.4. The summed E-state index contributed by atoms with van der Waals surface area (Å²) in [5.74, 6) is 0.418. The number of aryl methyl sites for hydroxylation is 1. The van der Waals surface area contributed by atoms with Gasteiger partial charge in [0.05, 0.1) is 11.5 Å². The topological polar surface area (TPSA) is 73.0 Å². The molecular formula is C13H18N2O2S. The summed E-state index contributed by atoms with van der Waals surface area (Å²) in [7, 11) is -2.91. The van der Waals surface area contributed by atoms with Crippen molar-refractivity contribution in [2.75, 3.05) is 5.75 Å². The Morgan fingerprint density at radius 2 is 2.11 bits per heavy atom. The van der Waals surface area contributed by atoms with E-state index in [0.717, 1.165) is 31.2 Å². The Balaban J connectivity index is 1.83. The lowest BCUT2D eigenvalue weighted by atomic mass is 9.97. The minimum atomic E-state index is -2.91. The summed E-state index contributed by atoms with van der Waals surface area (Å²) in [5.41, 5.74) is 9.42.